The van der Waals surface area contributed by atoms with Gasteiger partial charge in [0.15, 0.2) is 0 Å². The maximum Gasteiger partial charge on any atom is 0.149 e. The Morgan fingerprint density at radius 1 is 1.19 bits per heavy atom. The van der Waals surface area contributed by atoms with E-state index >= 15 is 0 Å². The zero-order valence-corrected chi connectivity index (χ0v) is 11.8. The molecule has 1 heterocycles. The number of Topliss-reactive ketones (excluding diaryl/α,β-unsaturated/α-hetero) is 1. The highest BCUT2D eigenvalue weighted by Crippen LogP contribution is 2.29. The third kappa shape index (κ3) is 2.81. The van der Waals surface area contributed by atoms with Crippen LogP contribution in [0.2, 0.25) is 0 Å². The van der Waals surface area contributed by atoms with Crippen molar-refractivity contribution in [3.63, 3.8) is 0 Å². The summed E-state index contributed by atoms with van der Waals surface area (Å²) in [5.41, 5.74) is 5.05. The summed E-state index contributed by atoms with van der Waals surface area (Å²) >= 11 is 0. The van der Waals surface area contributed by atoms with Gasteiger partial charge in [-0.3, -0.25) is 4.79 Å². The summed E-state index contributed by atoms with van der Waals surface area (Å²) in [7, 11) is 0. The van der Waals surface area contributed by atoms with Gasteiger partial charge < -0.3 is 5.01 Å². The first-order valence-corrected chi connectivity index (χ1v) is 7.00. The van der Waals surface area contributed by atoms with E-state index in [0.717, 1.165) is 11.3 Å². The number of ketones is 1. The Morgan fingerprint density at radius 2 is 1.95 bits per heavy atom. The molecule has 1 saturated heterocycles. The minimum Gasteiger partial charge on any atom is -0.307 e. The monoisotopic (exact) mass is 284 g/mol. The predicted molar refractivity (Wildman–Crippen MR) is 80.5 cm³/mol. The highest BCUT2D eigenvalue weighted by atomic mass is 19.1. The van der Waals surface area contributed by atoms with Crippen LogP contribution in [-0.4, -0.2) is 18.4 Å². The molecule has 0 bridgehead atoms. The number of hydrogen-bond donors (Lipinski definition) is 1. The first kappa shape index (κ1) is 13.8. The van der Waals surface area contributed by atoms with Crippen LogP contribution in [0, 0.1) is 5.82 Å². The normalized spacial score (nSPS) is 21.5. The molecule has 0 aromatic heterocycles. The number of anilines is 1. The first-order chi connectivity index (χ1) is 10.1. The van der Waals surface area contributed by atoms with E-state index in [9.17, 15) is 9.18 Å². The molecule has 0 spiro atoms. The van der Waals surface area contributed by atoms with E-state index in [-0.39, 0.29) is 23.6 Å². The molecule has 3 nitrogen and oxygen atoms in total. The lowest BCUT2D eigenvalue weighted by Crippen LogP contribution is -2.39. The number of carbonyl (C=O) groups is 1. The van der Waals surface area contributed by atoms with Gasteiger partial charge in [0, 0.05) is 12.5 Å². The molecular weight excluding hydrogens is 267 g/mol. The molecule has 0 amide bonds. The SMILES string of the molecule is CC(=O)C1NN(c2cccc(F)c2)CC1c1ccccc1. The third-order valence-corrected chi connectivity index (χ3v) is 3.86. The highest BCUT2D eigenvalue weighted by molar-refractivity contribution is 5.83. The fraction of sp³-hybridized carbons (Fsp3) is 0.235. The zero-order chi connectivity index (χ0) is 14.8. The number of halogens is 1. The number of carbonyl (C=O) groups excluding carboxylic acids is 1. The second kappa shape index (κ2) is 5.66. The molecule has 2 aromatic carbocycles. The number of rotatable bonds is 3. The minimum absolute atomic E-state index is 0.0620. The Labute approximate surface area is 123 Å². The van der Waals surface area contributed by atoms with Crippen LogP contribution in [0.3, 0.4) is 0 Å². The largest absolute Gasteiger partial charge is 0.307 e. The summed E-state index contributed by atoms with van der Waals surface area (Å²) in [6.45, 7) is 2.22. The second-order valence-corrected chi connectivity index (χ2v) is 5.33. The highest BCUT2D eigenvalue weighted by Gasteiger charge is 2.36. The molecule has 1 aliphatic heterocycles. The van der Waals surface area contributed by atoms with Crippen LogP contribution in [0.4, 0.5) is 10.1 Å². The van der Waals surface area contributed by atoms with Gasteiger partial charge in [-0.05, 0) is 30.7 Å². The standard InChI is InChI=1S/C17H17FN2O/c1-12(21)17-16(13-6-3-2-4-7-13)11-20(19-17)15-9-5-8-14(18)10-15/h2-10,16-17,19H,11H2,1H3. The Hall–Kier alpha value is -2.20. The van der Waals surface area contributed by atoms with E-state index in [1.807, 2.05) is 41.4 Å². The Morgan fingerprint density at radius 3 is 2.62 bits per heavy atom. The molecule has 1 aliphatic rings. The molecule has 0 radical (unpaired) electrons. The molecule has 1 N–H and O–H groups in total. The van der Waals surface area contributed by atoms with Crippen molar-refractivity contribution in [2.75, 3.05) is 11.6 Å². The van der Waals surface area contributed by atoms with Crippen molar-refractivity contribution in [2.45, 2.75) is 18.9 Å². The van der Waals surface area contributed by atoms with Crippen LogP contribution >= 0.6 is 0 Å². The van der Waals surface area contributed by atoms with Gasteiger partial charge >= 0.3 is 0 Å². The second-order valence-electron chi connectivity index (χ2n) is 5.33. The van der Waals surface area contributed by atoms with Gasteiger partial charge in [-0.2, -0.15) is 0 Å². The zero-order valence-electron chi connectivity index (χ0n) is 11.8. The number of hydrazine groups is 1. The molecule has 3 rings (SSSR count). The Kier molecular flexibility index (Phi) is 3.71. The number of nitrogens with zero attached hydrogens (tertiary/aromatic N) is 1. The van der Waals surface area contributed by atoms with Gasteiger partial charge in [-0.1, -0.05) is 36.4 Å². The lowest BCUT2D eigenvalue weighted by atomic mass is 9.91. The fourth-order valence-electron chi connectivity index (χ4n) is 2.81. The molecule has 2 unspecified atom stereocenters. The Bertz CT molecular complexity index is 644. The molecule has 108 valence electrons. The van der Waals surface area contributed by atoms with Crippen LogP contribution in [0.1, 0.15) is 18.4 Å². The van der Waals surface area contributed by atoms with Crippen molar-refractivity contribution in [2.24, 2.45) is 0 Å². The van der Waals surface area contributed by atoms with E-state index in [4.69, 9.17) is 0 Å². The molecule has 0 saturated carbocycles. The van der Waals surface area contributed by atoms with Crippen molar-refractivity contribution in [1.29, 1.82) is 0 Å². The van der Waals surface area contributed by atoms with E-state index in [2.05, 4.69) is 5.43 Å². The van der Waals surface area contributed by atoms with Gasteiger partial charge in [0.1, 0.15) is 11.6 Å². The van der Waals surface area contributed by atoms with E-state index < -0.39 is 0 Å². The van der Waals surface area contributed by atoms with Crippen molar-refractivity contribution < 1.29 is 9.18 Å². The summed E-state index contributed by atoms with van der Waals surface area (Å²) in [5, 5.41) is 1.85. The van der Waals surface area contributed by atoms with Crippen LogP contribution < -0.4 is 10.4 Å². The minimum atomic E-state index is -0.282. The lowest BCUT2D eigenvalue weighted by molar-refractivity contribution is -0.118. The number of benzene rings is 2. The van der Waals surface area contributed by atoms with Crippen molar-refractivity contribution in [1.82, 2.24) is 5.43 Å². The van der Waals surface area contributed by atoms with E-state index in [1.165, 1.54) is 12.1 Å². The molecule has 2 aromatic rings. The maximum atomic E-state index is 13.4. The predicted octanol–water partition coefficient (Wildman–Crippen LogP) is 2.89. The molecule has 0 aliphatic carbocycles. The summed E-state index contributed by atoms with van der Waals surface area (Å²) in [6.07, 6.45) is 0. The van der Waals surface area contributed by atoms with Crippen molar-refractivity contribution >= 4 is 11.5 Å². The molecule has 1 fully saturated rings. The molecule has 21 heavy (non-hydrogen) atoms. The van der Waals surface area contributed by atoms with E-state index in [0.29, 0.717) is 6.54 Å². The van der Waals surface area contributed by atoms with E-state index in [1.54, 1.807) is 13.0 Å². The quantitative estimate of drug-likeness (QED) is 0.940. The average molecular weight is 284 g/mol. The summed E-state index contributed by atoms with van der Waals surface area (Å²) < 4.78 is 13.4. The van der Waals surface area contributed by atoms with Gasteiger partial charge in [-0.25, -0.2) is 9.82 Å². The summed E-state index contributed by atoms with van der Waals surface area (Å²) in [4.78, 5) is 11.9. The van der Waals surface area contributed by atoms with Crippen LogP contribution in [0.5, 0.6) is 0 Å². The smallest absolute Gasteiger partial charge is 0.149 e. The maximum absolute atomic E-state index is 13.4. The fourth-order valence-corrected chi connectivity index (χ4v) is 2.81. The summed E-state index contributed by atoms with van der Waals surface area (Å²) in [6, 6.07) is 16.1. The first-order valence-electron chi connectivity index (χ1n) is 7.00. The topological polar surface area (TPSA) is 32.3 Å². The lowest BCUT2D eigenvalue weighted by Gasteiger charge is -2.18. The van der Waals surface area contributed by atoms with Crippen molar-refractivity contribution in [3.8, 4) is 0 Å². The summed E-state index contributed by atoms with van der Waals surface area (Å²) in [5.74, 6) is -0.133. The number of hydrogen-bond acceptors (Lipinski definition) is 3. The van der Waals surface area contributed by atoms with Crippen molar-refractivity contribution in [3.05, 3.63) is 66.0 Å². The number of nitrogens with one attached hydrogen (secondary N) is 1. The van der Waals surface area contributed by atoms with Crippen LogP contribution in [0.25, 0.3) is 0 Å². The average Bonchev–Trinajstić information content (AvgIpc) is 2.93. The third-order valence-electron chi connectivity index (χ3n) is 3.86. The van der Waals surface area contributed by atoms with Gasteiger partial charge in [0.2, 0.25) is 0 Å². The molecule has 2 atom stereocenters. The van der Waals surface area contributed by atoms with Crippen LogP contribution in [0.15, 0.2) is 54.6 Å². The van der Waals surface area contributed by atoms with Crippen LogP contribution in [-0.2, 0) is 4.79 Å². The molecule has 4 heteroatoms. The molecular formula is C17H17FN2O. The van der Waals surface area contributed by atoms with Gasteiger partial charge in [-0.15, -0.1) is 0 Å². The van der Waals surface area contributed by atoms with Gasteiger partial charge in [0.05, 0.1) is 11.7 Å². The van der Waals surface area contributed by atoms with Gasteiger partial charge in [0.25, 0.3) is 0 Å². The Balaban J connectivity index is 1.90.